The second kappa shape index (κ2) is 8.49. The van der Waals surface area contributed by atoms with Crippen molar-refractivity contribution in [2.75, 3.05) is 40.3 Å². The summed E-state index contributed by atoms with van der Waals surface area (Å²) in [6.07, 6.45) is 0. The Morgan fingerprint density at radius 2 is 1.96 bits per heavy atom. The molecule has 24 heavy (non-hydrogen) atoms. The summed E-state index contributed by atoms with van der Waals surface area (Å²) >= 11 is 0. The number of hydrogen-bond donors (Lipinski definition) is 1. The van der Waals surface area contributed by atoms with Crippen LogP contribution in [0.5, 0.6) is 5.75 Å². The van der Waals surface area contributed by atoms with Crippen LogP contribution in [0.4, 0.5) is 0 Å². The summed E-state index contributed by atoms with van der Waals surface area (Å²) in [6.45, 7) is 9.89. The molecule has 1 amide bonds. The number of ether oxygens (including phenoxy) is 1. The molecule has 134 valence electrons. The van der Waals surface area contributed by atoms with Crippen LogP contribution in [0.15, 0.2) is 24.3 Å². The van der Waals surface area contributed by atoms with Gasteiger partial charge in [0, 0.05) is 25.7 Å². The summed E-state index contributed by atoms with van der Waals surface area (Å²) in [5.41, 5.74) is 1.12. The first-order valence-corrected chi connectivity index (χ1v) is 8.76. The molecular formula is C19H31N3O2. The summed E-state index contributed by atoms with van der Waals surface area (Å²) in [7, 11) is 3.79. The lowest BCUT2D eigenvalue weighted by Gasteiger charge is -2.38. The number of likely N-dealkylation sites (N-methyl/N-ethyl adjacent to an activating group) is 1. The molecule has 1 aromatic carbocycles. The molecule has 0 unspecified atom stereocenters. The number of nitrogens with zero attached hydrogens (tertiary/aromatic N) is 2. The van der Waals surface area contributed by atoms with Gasteiger partial charge in [-0.25, -0.2) is 0 Å². The van der Waals surface area contributed by atoms with Gasteiger partial charge in [0.05, 0.1) is 19.7 Å². The lowest BCUT2D eigenvalue weighted by Crippen LogP contribution is -2.53. The first kappa shape index (κ1) is 18.7. The molecule has 0 saturated carbocycles. The Morgan fingerprint density at radius 1 is 1.29 bits per heavy atom. The molecule has 1 fully saturated rings. The van der Waals surface area contributed by atoms with E-state index in [4.69, 9.17) is 4.74 Å². The third-order valence-electron chi connectivity index (χ3n) is 4.77. The van der Waals surface area contributed by atoms with Crippen LogP contribution in [-0.4, -0.2) is 62.1 Å². The molecule has 1 N–H and O–H groups in total. The second-order valence-corrected chi connectivity index (χ2v) is 7.14. The van der Waals surface area contributed by atoms with Gasteiger partial charge in [0.2, 0.25) is 5.91 Å². The Kier molecular flexibility index (Phi) is 6.63. The molecule has 0 spiro atoms. The van der Waals surface area contributed by atoms with Crippen LogP contribution in [0.25, 0.3) is 0 Å². The minimum atomic E-state index is 0.0196. The molecule has 2 rings (SSSR count). The van der Waals surface area contributed by atoms with E-state index in [0.717, 1.165) is 30.9 Å². The van der Waals surface area contributed by atoms with Crippen molar-refractivity contribution in [3.63, 3.8) is 0 Å². The number of piperazine rings is 1. The molecule has 1 aliphatic heterocycles. The van der Waals surface area contributed by atoms with Crippen molar-refractivity contribution in [1.82, 2.24) is 15.1 Å². The summed E-state index contributed by atoms with van der Waals surface area (Å²) in [5, 5.41) is 3.21. The van der Waals surface area contributed by atoms with Gasteiger partial charge in [-0.2, -0.15) is 0 Å². The zero-order chi connectivity index (χ0) is 17.7. The van der Waals surface area contributed by atoms with Gasteiger partial charge in [0.15, 0.2) is 0 Å². The number of carbonyl (C=O) groups excluding carboxylic acids is 1. The van der Waals surface area contributed by atoms with E-state index in [2.05, 4.69) is 42.9 Å². The van der Waals surface area contributed by atoms with Crippen molar-refractivity contribution in [1.29, 1.82) is 0 Å². The van der Waals surface area contributed by atoms with Gasteiger partial charge < -0.3 is 15.0 Å². The highest BCUT2D eigenvalue weighted by Crippen LogP contribution is 2.24. The molecule has 1 saturated heterocycles. The Bertz CT molecular complexity index is 530. The van der Waals surface area contributed by atoms with Crippen LogP contribution in [0.2, 0.25) is 0 Å². The van der Waals surface area contributed by atoms with Crippen molar-refractivity contribution in [2.45, 2.75) is 32.9 Å². The third kappa shape index (κ3) is 4.95. The maximum absolute atomic E-state index is 12.6. The van der Waals surface area contributed by atoms with Gasteiger partial charge in [-0.1, -0.05) is 26.0 Å². The lowest BCUT2D eigenvalue weighted by atomic mass is 9.96. The molecule has 0 bridgehead atoms. The SMILES string of the molecule is COc1ccc([C@H](NC(=O)CN2CCN(C)C[C@@H]2C)C(C)C)cc1. The molecule has 1 aliphatic rings. The average Bonchev–Trinajstić information content (AvgIpc) is 2.55. The molecule has 5 heteroatoms. The molecule has 0 radical (unpaired) electrons. The van der Waals surface area contributed by atoms with Crippen molar-refractivity contribution in [3.05, 3.63) is 29.8 Å². The lowest BCUT2D eigenvalue weighted by molar-refractivity contribution is -0.124. The Morgan fingerprint density at radius 3 is 2.50 bits per heavy atom. The first-order valence-electron chi connectivity index (χ1n) is 8.76. The fraction of sp³-hybridized carbons (Fsp3) is 0.632. The first-order chi connectivity index (χ1) is 11.4. The molecule has 0 aliphatic carbocycles. The number of carbonyl (C=O) groups is 1. The molecule has 1 aromatic rings. The number of rotatable bonds is 6. The minimum Gasteiger partial charge on any atom is -0.497 e. The zero-order valence-electron chi connectivity index (χ0n) is 15.6. The van der Waals surface area contributed by atoms with Gasteiger partial charge in [-0.05, 0) is 37.6 Å². The second-order valence-electron chi connectivity index (χ2n) is 7.14. The predicted molar refractivity (Wildman–Crippen MR) is 97.2 cm³/mol. The summed E-state index contributed by atoms with van der Waals surface area (Å²) in [6, 6.07) is 8.38. The van der Waals surface area contributed by atoms with Gasteiger partial charge in [0.25, 0.3) is 0 Å². The van der Waals surface area contributed by atoms with Crippen molar-refractivity contribution < 1.29 is 9.53 Å². The van der Waals surface area contributed by atoms with Gasteiger partial charge in [-0.15, -0.1) is 0 Å². The zero-order valence-corrected chi connectivity index (χ0v) is 15.6. The van der Waals surface area contributed by atoms with Gasteiger partial charge in [-0.3, -0.25) is 9.69 Å². The topological polar surface area (TPSA) is 44.8 Å². The number of methoxy groups -OCH3 is 1. The van der Waals surface area contributed by atoms with Crippen LogP contribution >= 0.6 is 0 Å². The predicted octanol–water partition coefficient (Wildman–Crippen LogP) is 2.14. The highest BCUT2D eigenvalue weighted by molar-refractivity contribution is 5.78. The third-order valence-corrected chi connectivity index (χ3v) is 4.77. The molecule has 5 nitrogen and oxygen atoms in total. The summed E-state index contributed by atoms with van der Waals surface area (Å²) in [5.74, 6) is 1.26. The Balaban J connectivity index is 1.98. The molecule has 1 heterocycles. The van der Waals surface area contributed by atoms with Crippen LogP contribution in [0, 0.1) is 5.92 Å². The highest BCUT2D eigenvalue weighted by atomic mass is 16.5. The Labute approximate surface area is 146 Å². The van der Waals surface area contributed by atoms with E-state index < -0.39 is 0 Å². The number of hydrogen-bond acceptors (Lipinski definition) is 4. The maximum Gasteiger partial charge on any atom is 0.234 e. The highest BCUT2D eigenvalue weighted by Gasteiger charge is 2.25. The molecule has 2 atom stereocenters. The number of amides is 1. The average molecular weight is 333 g/mol. The molecular weight excluding hydrogens is 302 g/mol. The fourth-order valence-electron chi connectivity index (χ4n) is 3.26. The van der Waals surface area contributed by atoms with Crippen molar-refractivity contribution in [3.8, 4) is 5.75 Å². The van der Waals surface area contributed by atoms with Gasteiger partial charge in [0.1, 0.15) is 5.75 Å². The summed E-state index contributed by atoms with van der Waals surface area (Å²) < 4.78 is 5.21. The van der Waals surface area contributed by atoms with Crippen LogP contribution in [0.1, 0.15) is 32.4 Å². The quantitative estimate of drug-likeness (QED) is 0.866. The van der Waals surface area contributed by atoms with Crippen molar-refractivity contribution >= 4 is 5.91 Å². The van der Waals surface area contributed by atoms with E-state index in [1.54, 1.807) is 7.11 Å². The van der Waals surface area contributed by atoms with E-state index in [-0.39, 0.29) is 11.9 Å². The van der Waals surface area contributed by atoms with Crippen molar-refractivity contribution in [2.24, 2.45) is 5.92 Å². The summed E-state index contributed by atoms with van der Waals surface area (Å²) in [4.78, 5) is 17.1. The smallest absolute Gasteiger partial charge is 0.234 e. The normalized spacial score (nSPS) is 20.8. The standard InChI is InChI=1S/C19H31N3O2/c1-14(2)19(16-6-8-17(24-5)9-7-16)20-18(23)13-22-11-10-21(4)12-15(22)3/h6-9,14-15,19H,10-13H2,1-5H3,(H,20,23)/t15-,19+/m0/s1. The van der Waals surface area contributed by atoms with Gasteiger partial charge >= 0.3 is 0 Å². The largest absolute Gasteiger partial charge is 0.497 e. The maximum atomic E-state index is 12.6. The van der Waals surface area contributed by atoms with E-state index >= 15 is 0 Å². The van der Waals surface area contributed by atoms with E-state index in [0.29, 0.717) is 18.5 Å². The van der Waals surface area contributed by atoms with Crippen LogP contribution in [0.3, 0.4) is 0 Å². The Hall–Kier alpha value is -1.59. The molecule has 0 aromatic heterocycles. The van der Waals surface area contributed by atoms with E-state index in [1.165, 1.54) is 0 Å². The fourth-order valence-corrected chi connectivity index (χ4v) is 3.26. The number of benzene rings is 1. The minimum absolute atomic E-state index is 0.0196. The van der Waals surface area contributed by atoms with Crippen LogP contribution in [-0.2, 0) is 4.79 Å². The van der Waals surface area contributed by atoms with E-state index in [1.807, 2.05) is 24.3 Å². The van der Waals surface area contributed by atoms with E-state index in [9.17, 15) is 4.79 Å². The monoisotopic (exact) mass is 333 g/mol. The van der Waals surface area contributed by atoms with Crippen LogP contribution < -0.4 is 10.1 Å². The number of nitrogens with one attached hydrogen (secondary N) is 1.